The minimum Gasteiger partial charge on any atom is -0.508 e. The molecule has 5 unspecified atom stereocenters. The van der Waals surface area contributed by atoms with Crippen molar-refractivity contribution in [1.29, 1.82) is 0 Å². The molecule has 2 heterocycles. The number of hydrogen-bond acceptors (Lipinski definition) is 6. The number of β-lactam (4-membered cyclic amide) rings is 1. The molecule has 2 aliphatic rings. The summed E-state index contributed by atoms with van der Waals surface area (Å²) < 4.78 is 11.5. The number of benzene rings is 1. The van der Waals surface area contributed by atoms with Crippen molar-refractivity contribution in [1.82, 2.24) is 10.2 Å². The third-order valence-electron chi connectivity index (χ3n) is 4.82. The van der Waals surface area contributed by atoms with Gasteiger partial charge in [0.1, 0.15) is 29.2 Å². The fourth-order valence-corrected chi connectivity index (χ4v) is 5.29. The normalized spacial score (nSPS) is 30.3. The summed E-state index contributed by atoms with van der Waals surface area (Å²) >= 11 is 0. The molecule has 1 aromatic rings. The molecular formula is C16H19N3O6S. The van der Waals surface area contributed by atoms with E-state index in [1.807, 2.05) is 0 Å². The molecule has 10 heteroatoms. The number of phenols is 1. The van der Waals surface area contributed by atoms with Gasteiger partial charge in [-0.15, -0.1) is 0 Å². The molecule has 9 nitrogen and oxygen atoms in total. The van der Waals surface area contributed by atoms with Gasteiger partial charge < -0.3 is 26.2 Å². The molecule has 2 saturated heterocycles. The summed E-state index contributed by atoms with van der Waals surface area (Å²) in [5.41, 5.74) is 6.30. The largest absolute Gasteiger partial charge is 0.508 e. The van der Waals surface area contributed by atoms with Gasteiger partial charge in [-0.05, 0) is 31.5 Å². The van der Waals surface area contributed by atoms with E-state index in [9.17, 15) is 28.8 Å². The summed E-state index contributed by atoms with van der Waals surface area (Å²) in [5.74, 6) is -2.45. The summed E-state index contributed by atoms with van der Waals surface area (Å²) in [6, 6.07) is 2.35. The maximum atomic E-state index is 12.7. The van der Waals surface area contributed by atoms with E-state index in [0.29, 0.717) is 5.56 Å². The Bertz CT molecular complexity index is 809. The molecule has 2 aliphatic heterocycles. The van der Waals surface area contributed by atoms with E-state index in [1.54, 1.807) is 0 Å². The first-order valence-electron chi connectivity index (χ1n) is 7.88. The van der Waals surface area contributed by atoms with Gasteiger partial charge in [-0.25, -0.2) is 4.79 Å². The third-order valence-corrected chi connectivity index (χ3v) is 7.02. The summed E-state index contributed by atoms with van der Waals surface area (Å²) in [5, 5.41) is 20.2. The van der Waals surface area contributed by atoms with Crippen LogP contribution in [0.25, 0.3) is 0 Å². The van der Waals surface area contributed by atoms with E-state index in [0.717, 1.165) is 4.90 Å². The number of carbonyl (C=O) groups excluding carboxylic acids is 2. The second-order valence-electron chi connectivity index (χ2n) is 6.83. The van der Waals surface area contributed by atoms with Gasteiger partial charge in [0, 0.05) is 0 Å². The highest BCUT2D eigenvalue weighted by molar-refractivity contribution is 7.87. The molecule has 0 aliphatic carbocycles. The lowest BCUT2D eigenvalue weighted by atomic mass is 9.95. The molecule has 0 bridgehead atoms. The van der Waals surface area contributed by atoms with Crippen LogP contribution in [-0.4, -0.2) is 59.3 Å². The third kappa shape index (κ3) is 2.56. The molecule has 0 radical (unpaired) electrons. The van der Waals surface area contributed by atoms with E-state index in [2.05, 4.69) is 5.32 Å². The van der Waals surface area contributed by atoms with Gasteiger partial charge in [0.15, 0.2) is 0 Å². The molecule has 5 N–H and O–H groups in total. The fraction of sp³-hybridized carbons (Fsp3) is 0.438. The van der Waals surface area contributed by atoms with Crippen LogP contribution in [-0.2, 0) is 25.2 Å². The van der Waals surface area contributed by atoms with Crippen LogP contribution in [0, 0.1) is 0 Å². The zero-order chi connectivity index (χ0) is 19.4. The van der Waals surface area contributed by atoms with Crippen molar-refractivity contribution in [3.63, 3.8) is 0 Å². The molecular weight excluding hydrogens is 362 g/mol. The lowest BCUT2D eigenvalue weighted by Gasteiger charge is -2.43. The molecule has 0 spiro atoms. The van der Waals surface area contributed by atoms with Crippen LogP contribution >= 0.6 is 0 Å². The van der Waals surface area contributed by atoms with Crippen molar-refractivity contribution in [3.8, 4) is 5.75 Å². The zero-order valence-electron chi connectivity index (χ0n) is 14.1. The Balaban J connectivity index is 1.77. The average Bonchev–Trinajstić information content (AvgIpc) is 2.77. The Labute approximate surface area is 151 Å². The Kier molecular flexibility index (Phi) is 4.27. The van der Waals surface area contributed by atoms with Gasteiger partial charge in [-0.1, -0.05) is 12.1 Å². The number of nitrogens with two attached hydrogens (primary N) is 1. The molecule has 2 amide bonds. The first kappa shape index (κ1) is 18.3. The number of carboxylic acids is 1. The zero-order valence-corrected chi connectivity index (χ0v) is 14.9. The predicted octanol–water partition coefficient (Wildman–Crippen LogP) is -0.961. The van der Waals surface area contributed by atoms with Crippen LogP contribution in [0.4, 0.5) is 0 Å². The van der Waals surface area contributed by atoms with E-state index in [1.165, 1.54) is 38.1 Å². The highest BCUT2D eigenvalue weighted by Crippen LogP contribution is 2.43. The molecule has 2 fully saturated rings. The number of phenolic OH excluding ortho intramolecular Hbond substituents is 1. The summed E-state index contributed by atoms with van der Waals surface area (Å²) in [4.78, 5) is 37.3. The molecule has 1 aromatic carbocycles. The maximum absolute atomic E-state index is 12.7. The topological polar surface area (TPSA) is 150 Å². The molecule has 0 aromatic heterocycles. The van der Waals surface area contributed by atoms with Gasteiger partial charge in [0.2, 0.25) is 11.8 Å². The molecule has 3 rings (SSSR count). The number of carbonyl (C=O) groups is 3. The van der Waals surface area contributed by atoms with Gasteiger partial charge in [-0.3, -0.25) is 13.8 Å². The van der Waals surface area contributed by atoms with Gasteiger partial charge in [-0.2, -0.15) is 0 Å². The van der Waals surface area contributed by atoms with Gasteiger partial charge >= 0.3 is 5.97 Å². The number of aliphatic carboxylic acids is 1. The summed E-state index contributed by atoms with van der Waals surface area (Å²) in [6.45, 7) is 3.04. The Morgan fingerprint density at radius 1 is 1.31 bits per heavy atom. The number of nitrogens with zero attached hydrogens (tertiary/aromatic N) is 1. The molecule has 140 valence electrons. The lowest BCUT2D eigenvalue weighted by Crippen LogP contribution is -2.72. The minimum absolute atomic E-state index is 0.0227. The highest BCUT2D eigenvalue weighted by atomic mass is 32.2. The van der Waals surface area contributed by atoms with Crippen LogP contribution in [0.3, 0.4) is 0 Å². The van der Waals surface area contributed by atoms with E-state index < -0.39 is 56.8 Å². The number of fused-ring (bicyclic) bond motifs is 1. The number of hydrogen-bond donors (Lipinski definition) is 4. The second-order valence-corrected chi connectivity index (χ2v) is 8.96. The second kappa shape index (κ2) is 6.06. The predicted molar refractivity (Wildman–Crippen MR) is 91.2 cm³/mol. The van der Waals surface area contributed by atoms with Crippen LogP contribution in [0.2, 0.25) is 0 Å². The van der Waals surface area contributed by atoms with Crippen molar-refractivity contribution in [3.05, 3.63) is 29.8 Å². The Morgan fingerprint density at radius 3 is 2.42 bits per heavy atom. The van der Waals surface area contributed by atoms with Crippen LogP contribution in [0.1, 0.15) is 25.5 Å². The molecule has 0 saturated carbocycles. The van der Waals surface area contributed by atoms with E-state index in [4.69, 9.17) is 5.73 Å². The van der Waals surface area contributed by atoms with E-state index >= 15 is 0 Å². The van der Waals surface area contributed by atoms with Crippen molar-refractivity contribution < 1.29 is 28.8 Å². The lowest BCUT2D eigenvalue weighted by molar-refractivity contribution is -0.161. The number of nitrogens with one attached hydrogen (secondary N) is 1. The van der Waals surface area contributed by atoms with Crippen LogP contribution < -0.4 is 11.1 Å². The Hall–Kier alpha value is -2.46. The van der Waals surface area contributed by atoms with Crippen LogP contribution in [0.15, 0.2) is 24.3 Å². The van der Waals surface area contributed by atoms with Crippen LogP contribution in [0.5, 0.6) is 5.75 Å². The number of carboxylic acid groups (broad SMARTS) is 1. The van der Waals surface area contributed by atoms with Crippen molar-refractivity contribution in [2.45, 2.75) is 42.1 Å². The van der Waals surface area contributed by atoms with Crippen molar-refractivity contribution >= 4 is 28.6 Å². The summed E-state index contributed by atoms with van der Waals surface area (Å²) in [7, 11) is -1.66. The minimum atomic E-state index is -1.66. The first-order chi connectivity index (χ1) is 12.1. The fourth-order valence-electron chi connectivity index (χ4n) is 3.37. The number of amides is 2. The van der Waals surface area contributed by atoms with Gasteiger partial charge in [0.05, 0.1) is 15.5 Å². The number of rotatable bonds is 4. The van der Waals surface area contributed by atoms with E-state index in [-0.39, 0.29) is 5.75 Å². The smallest absolute Gasteiger partial charge is 0.328 e. The Morgan fingerprint density at radius 2 is 1.88 bits per heavy atom. The number of aromatic hydroxyl groups is 1. The van der Waals surface area contributed by atoms with Crippen molar-refractivity contribution in [2.24, 2.45) is 5.73 Å². The SMILES string of the molecule is CC1(C)C(C(=O)O)N2C(=O)C(NC(=O)C(N)c3ccc(O)cc3)C2S1=O. The first-order valence-corrected chi connectivity index (χ1v) is 9.09. The average molecular weight is 381 g/mol. The standard InChI is InChI=1S/C16H19N3O6S/c1-16(2)11(15(23)24)19-13(22)10(14(19)26(16)25)18-12(21)9(17)7-3-5-8(20)6-4-7/h3-6,9-11,14,20H,17H2,1-2H3,(H,18,21)(H,23,24). The monoisotopic (exact) mass is 381 g/mol. The summed E-state index contributed by atoms with van der Waals surface area (Å²) in [6.07, 6.45) is 0. The quantitative estimate of drug-likeness (QED) is 0.491. The van der Waals surface area contributed by atoms with Gasteiger partial charge in [0.25, 0.3) is 0 Å². The highest BCUT2D eigenvalue weighted by Gasteiger charge is 2.68. The van der Waals surface area contributed by atoms with Crippen molar-refractivity contribution in [2.75, 3.05) is 0 Å². The molecule has 26 heavy (non-hydrogen) atoms. The maximum Gasteiger partial charge on any atom is 0.328 e. The molecule has 5 atom stereocenters.